The first kappa shape index (κ1) is 15.1. The topological polar surface area (TPSA) is 42.3 Å². The SMILES string of the molecule is CC(=O)n1cc(C(=O)N2CCCCCC2)c2cc(Cl)ccc21. The molecule has 1 aliphatic heterocycles. The maximum Gasteiger partial charge on any atom is 0.256 e. The van der Waals surface area contributed by atoms with Gasteiger partial charge in [0.1, 0.15) is 0 Å². The Labute approximate surface area is 134 Å². The normalized spacial score (nSPS) is 15.8. The Kier molecular flexibility index (Phi) is 4.21. The lowest BCUT2D eigenvalue weighted by Crippen LogP contribution is -2.31. The van der Waals surface area contributed by atoms with E-state index in [4.69, 9.17) is 11.6 Å². The smallest absolute Gasteiger partial charge is 0.256 e. The third-order valence-corrected chi connectivity index (χ3v) is 4.46. The summed E-state index contributed by atoms with van der Waals surface area (Å²) in [5.74, 6) is -0.114. The minimum Gasteiger partial charge on any atom is -0.339 e. The van der Waals surface area contributed by atoms with Crippen LogP contribution in [-0.4, -0.2) is 34.4 Å². The number of amides is 1. The molecule has 0 aliphatic carbocycles. The van der Waals surface area contributed by atoms with Gasteiger partial charge in [-0.15, -0.1) is 0 Å². The van der Waals surface area contributed by atoms with Crippen LogP contribution in [0.3, 0.4) is 0 Å². The van der Waals surface area contributed by atoms with Crippen molar-refractivity contribution in [2.75, 3.05) is 13.1 Å². The molecular weight excluding hydrogens is 300 g/mol. The van der Waals surface area contributed by atoms with Crippen molar-refractivity contribution in [1.29, 1.82) is 0 Å². The monoisotopic (exact) mass is 318 g/mol. The van der Waals surface area contributed by atoms with E-state index in [9.17, 15) is 9.59 Å². The van der Waals surface area contributed by atoms with Gasteiger partial charge in [0.25, 0.3) is 5.91 Å². The summed E-state index contributed by atoms with van der Waals surface area (Å²) < 4.78 is 1.52. The van der Waals surface area contributed by atoms with Gasteiger partial charge in [0.15, 0.2) is 0 Å². The van der Waals surface area contributed by atoms with Gasteiger partial charge in [-0.3, -0.25) is 14.2 Å². The van der Waals surface area contributed by atoms with Crippen LogP contribution in [0.4, 0.5) is 0 Å². The second-order valence-electron chi connectivity index (χ2n) is 5.80. The molecule has 22 heavy (non-hydrogen) atoms. The summed E-state index contributed by atoms with van der Waals surface area (Å²) in [5, 5.41) is 1.32. The highest BCUT2D eigenvalue weighted by Crippen LogP contribution is 2.27. The standard InChI is InChI=1S/C17H19ClN2O2/c1-12(21)20-11-15(14-10-13(18)6-7-16(14)20)17(22)19-8-4-2-3-5-9-19/h6-7,10-11H,2-5,8-9H2,1H3. The molecule has 0 atom stereocenters. The summed E-state index contributed by atoms with van der Waals surface area (Å²) in [5.41, 5.74) is 1.30. The minimum atomic E-state index is -0.109. The van der Waals surface area contributed by atoms with E-state index in [1.807, 2.05) is 4.90 Å². The van der Waals surface area contributed by atoms with Gasteiger partial charge in [-0.1, -0.05) is 24.4 Å². The van der Waals surface area contributed by atoms with Gasteiger partial charge in [-0.05, 0) is 31.0 Å². The number of fused-ring (bicyclic) bond motifs is 1. The molecule has 2 heterocycles. The maximum atomic E-state index is 12.9. The van der Waals surface area contributed by atoms with E-state index in [1.54, 1.807) is 24.4 Å². The van der Waals surface area contributed by atoms with Crippen molar-refractivity contribution >= 4 is 34.3 Å². The van der Waals surface area contributed by atoms with E-state index in [2.05, 4.69) is 0 Å². The van der Waals surface area contributed by atoms with Crippen molar-refractivity contribution in [2.24, 2.45) is 0 Å². The minimum absolute atomic E-state index is 0.00540. The van der Waals surface area contributed by atoms with Gasteiger partial charge in [-0.2, -0.15) is 0 Å². The van der Waals surface area contributed by atoms with Crippen LogP contribution in [0.25, 0.3) is 10.9 Å². The number of carbonyl (C=O) groups is 2. The molecule has 1 saturated heterocycles. The van der Waals surface area contributed by atoms with Gasteiger partial charge < -0.3 is 4.90 Å². The number of hydrogen-bond acceptors (Lipinski definition) is 2. The lowest BCUT2D eigenvalue weighted by molar-refractivity contribution is 0.0763. The van der Waals surface area contributed by atoms with Crippen molar-refractivity contribution in [2.45, 2.75) is 32.6 Å². The summed E-state index contributed by atoms with van der Waals surface area (Å²) in [6.07, 6.45) is 6.07. The van der Waals surface area contributed by atoms with Gasteiger partial charge >= 0.3 is 0 Å². The van der Waals surface area contributed by atoms with Gasteiger partial charge in [-0.25, -0.2) is 0 Å². The number of nitrogens with zero attached hydrogens (tertiary/aromatic N) is 2. The average Bonchev–Trinajstić information content (AvgIpc) is 2.68. The van der Waals surface area contributed by atoms with E-state index in [-0.39, 0.29) is 11.8 Å². The predicted octanol–water partition coefficient (Wildman–Crippen LogP) is 3.97. The first-order chi connectivity index (χ1) is 10.6. The zero-order chi connectivity index (χ0) is 15.7. The number of halogens is 1. The fourth-order valence-electron chi connectivity index (χ4n) is 3.08. The van der Waals surface area contributed by atoms with Crippen LogP contribution in [0.5, 0.6) is 0 Å². The Bertz CT molecular complexity index is 728. The lowest BCUT2D eigenvalue weighted by Gasteiger charge is -2.19. The van der Waals surface area contributed by atoms with Crippen LogP contribution in [-0.2, 0) is 0 Å². The molecule has 0 radical (unpaired) electrons. The summed E-state index contributed by atoms with van der Waals surface area (Å²) in [7, 11) is 0. The zero-order valence-electron chi connectivity index (χ0n) is 12.6. The molecule has 1 fully saturated rings. The van der Waals surface area contributed by atoms with Crippen LogP contribution in [0.2, 0.25) is 5.02 Å². The predicted molar refractivity (Wildman–Crippen MR) is 87.6 cm³/mol. The largest absolute Gasteiger partial charge is 0.339 e. The number of hydrogen-bond donors (Lipinski definition) is 0. The summed E-state index contributed by atoms with van der Waals surface area (Å²) in [6, 6.07) is 5.29. The molecule has 4 nitrogen and oxygen atoms in total. The molecule has 5 heteroatoms. The molecule has 0 unspecified atom stereocenters. The van der Waals surface area contributed by atoms with E-state index in [0.717, 1.165) is 36.8 Å². The van der Waals surface area contributed by atoms with E-state index in [1.165, 1.54) is 24.3 Å². The van der Waals surface area contributed by atoms with Crippen LogP contribution < -0.4 is 0 Å². The Morgan fingerprint density at radius 3 is 2.41 bits per heavy atom. The Morgan fingerprint density at radius 2 is 1.77 bits per heavy atom. The molecular formula is C17H19ClN2O2. The molecule has 1 amide bonds. The van der Waals surface area contributed by atoms with E-state index >= 15 is 0 Å². The highest BCUT2D eigenvalue weighted by molar-refractivity contribution is 6.31. The number of aromatic nitrogens is 1. The van der Waals surface area contributed by atoms with Crippen LogP contribution in [0.15, 0.2) is 24.4 Å². The van der Waals surface area contributed by atoms with Crippen molar-refractivity contribution in [3.63, 3.8) is 0 Å². The van der Waals surface area contributed by atoms with Crippen LogP contribution in [0, 0.1) is 0 Å². The van der Waals surface area contributed by atoms with E-state index in [0.29, 0.717) is 10.6 Å². The first-order valence-electron chi connectivity index (χ1n) is 7.69. The molecule has 0 bridgehead atoms. The Morgan fingerprint density at radius 1 is 1.09 bits per heavy atom. The van der Waals surface area contributed by atoms with Crippen LogP contribution in [0.1, 0.15) is 47.8 Å². The molecule has 0 N–H and O–H groups in total. The second-order valence-corrected chi connectivity index (χ2v) is 6.24. The number of rotatable bonds is 1. The van der Waals surface area contributed by atoms with Gasteiger partial charge in [0.2, 0.25) is 5.91 Å². The fraction of sp³-hybridized carbons (Fsp3) is 0.412. The molecule has 1 aromatic carbocycles. The quantitative estimate of drug-likeness (QED) is 0.798. The zero-order valence-corrected chi connectivity index (χ0v) is 13.4. The molecule has 116 valence electrons. The molecule has 2 aromatic rings. The highest BCUT2D eigenvalue weighted by Gasteiger charge is 2.22. The molecule has 3 rings (SSSR count). The third kappa shape index (κ3) is 2.75. The molecule has 1 aromatic heterocycles. The summed E-state index contributed by atoms with van der Waals surface area (Å²) >= 11 is 6.08. The highest BCUT2D eigenvalue weighted by atomic mass is 35.5. The number of likely N-dealkylation sites (tertiary alicyclic amines) is 1. The van der Waals surface area contributed by atoms with Gasteiger partial charge in [0, 0.05) is 36.6 Å². The third-order valence-electron chi connectivity index (χ3n) is 4.23. The summed E-state index contributed by atoms with van der Waals surface area (Å²) in [6.45, 7) is 3.06. The maximum absolute atomic E-state index is 12.9. The number of carbonyl (C=O) groups excluding carboxylic acids is 2. The van der Waals surface area contributed by atoms with Crippen molar-refractivity contribution in [1.82, 2.24) is 9.47 Å². The summed E-state index contributed by atoms with van der Waals surface area (Å²) in [4.78, 5) is 26.6. The first-order valence-corrected chi connectivity index (χ1v) is 8.06. The van der Waals surface area contributed by atoms with Crippen molar-refractivity contribution < 1.29 is 9.59 Å². The van der Waals surface area contributed by atoms with Crippen molar-refractivity contribution in [3.05, 3.63) is 35.0 Å². The number of benzene rings is 1. The fourth-order valence-corrected chi connectivity index (χ4v) is 3.25. The molecule has 1 aliphatic rings. The average molecular weight is 319 g/mol. The van der Waals surface area contributed by atoms with Crippen LogP contribution >= 0.6 is 11.6 Å². The lowest BCUT2D eigenvalue weighted by atomic mass is 10.1. The van der Waals surface area contributed by atoms with E-state index < -0.39 is 0 Å². The molecule has 0 spiro atoms. The Balaban J connectivity index is 2.07. The molecule has 0 saturated carbocycles. The van der Waals surface area contributed by atoms with Gasteiger partial charge in [0.05, 0.1) is 11.1 Å². The van der Waals surface area contributed by atoms with Crippen molar-refractivity contribution in [3.8, 4) is 0 Å². The second kappa shape index (κ2) is 6.13. The Hall–Kier alpha value is -1.81.